The van der Waals surface area contributed by atoms with Crippen LogP contribution in [0.2, 0.25) is 5.02 Å². The van der Waals surface area contributed by atoms with Gasteiger partial charge in [0.2, 0.25) is 0 Å². The Balaban J connectivity index is 2.36. The maximum absolute atomic E-state index is 6.20. The van der Waals surface area contributed by atoms with Crippen molar-refractivity contribution in [3.05, 3.63) is 34.3 Å². The van der Waals surface area contributed by atoms with Gasteiger partial charge in [-0.2, -0.15) is 0 Å². The predicted molar refractivity (Wildman–Crippen MR) is 59.8 cm³/mol. The van der Waals surface area contributed by atoms with Gasteiger partial charge >= 0.3 is 0 Å². The molecule has 0 saturated heterocycles. The van der Waals surface area contributed by atoms with E-state index in [1.54, 1.807) is 0 Å². The van der Waals surface area contributed by atoms with Gasteiger partial charge in [0, 0.05) is 17.6 Å². The Kier molecular flexibility index (Phi) is 3.06. The van der Waals surface area contributed by atoms with Gasteiger partial charge in [-0.1, -0.05) is 23.7 Å². The van der Waals surface area contributed by atoms with Crippen molar-refractivity contribution in [3.63, 3.8) is 0 Å². The fourth-order valence-corrected chi connectivity index (χ4v) is 2.38. The summed E-state index contributed by atoms with van der Waals surface area (Å²) in [6.45, 7) is 1.97. The first kappa shape index (κ1) is 9.97. The zero-order valence-electron chi connectivity index (χ0n) is 8.31. The minimum absolute atomic E-state index is 0.359. The number of rotatable bonds is 2. The lowest BCUT2D eigenvalue weighted by molar-refractivity contribution is 0.485. The molecule has 0 aromatic heterocycles. The largest absolute Gasteiger partial charge is 0.318 e. The summed E-state index contributed by atoms with van der Waals surface area (Å²) >= 11 is 6.20. The number of hydrogen-bond donors (Lipinski definition) is 2. The highest BCUT2D eigenvalue weighted by molar-refractivity contribution is 6.31. The van der Waals surface area contributed by atoms with Crippen LogP contribution in [0.1, 0.15) is 17.2 Å². The first-order chi connectivity index (χ1) is 6.83. The van der Waals surface area contributed by atoms with E-state index < -0.39 is 0 Å². The molecular formula is C11H15ClN2. The molecule has 1 aromatic carbocycles. The second kappa shape index (κ2) is 4.30. The number of hydrogen-bond acceptors (Lipinski definition) is 2. The average Bonchev–Trinajstić information content (AvgIpc) is 2.19. The van der Waals surface area contributed by atoms with Crippen LogP contribution in [-0.4, -0.2) is 20.1 Å². The predicted octanol–water partition coefficient (Wildman–Crippen LogP) is 1.75. The quantitative estimate of drug-likeness (QED) is 0.777. The molecule has 1 aliphatic heterocycles. The zero-order chi connectivity index (χ0) is 9.97. The van der Waals surface area contributed by atoms with E-state index in [4.69, 9.17) is 11.6 Å². The third kappa shape index (κ3) is 1.78. The summed E-state index contributed by atoms with van der Waals surface area (Å²) in [4.78, 5) is 0. The molecule has 0 amide bonds. The van der Waals surface area contributed by atoms with Crippen molar-refractivity contribution in [3.8, 4) is 0 Å². The smallest absolute Gasteiger partial charge is 0.0464 e. The summed E-state index contributed by atoms with van der Waals surface area (Å²) in [7, 11) is 1.97. The molecule has 0 spiro atoms. The van der Waals surface area contributed by atoms with E-state index in [9.17, 15) is 0 Å². The van der Waals surface area contributed by atoms with Crippen molar-refractivity contribution in [1.29, 1.82) is 0 Å². The number of nitrogens with one attached hydrogen (secondary N) is 2. The molecule has 1 unspecified atom stereocenters. The Morgan fingerprint density at radius 1 is 1.57 bits per heavy atom. The molecule has 1 heterocycles. The van der Waals surface area contributed by atoms with Crippen LogP contribution in [0.5, 0.6) is 0 Å². The van der Waals surface area contributed by atoms with E-state index in [1.807, 2.05) is 19.2 Å². The standard InChI is InChI=1S/C11H15ClN2/c1-13-7-10-11-8(5-6-14-10)3-2-4-9(11)12/h2-4,10,13-14H,5-7H2,1H3. The molecule has 14 heavy (non-hydrogen) atoms. The lowest BCUT2D eigenvalue weighted by atomic mass is 9.94. The van der Waals surface area contributed by atoms with Crippen molar-refractivity contribution < 1.29 is 0 Å². The Labute approximate surface area is 89.7 Å². The first-order valence-electron chi connectivity index (χ1n) is 4.98. The van der Waals surface area contributed by atoms with Crippen molar-refractivity contribution in [1.82, 2.24) is 10.6 Å². The SMILES string of the molecule is CNCC1NCCc2cccc(Cl)c21. The molecule has 0 radical (unpaired) electrons. The molecule has 3 heteroatoms. The van der Waals surface area contributed by atoms with Gasteiger partial charge in [-0.15, -0.1) is 0 Å². The maximum atomic E-state index is 6.20. The molecule has 1 aliphatic rings. The minimum atomic E-state index is 0.359. The lowest BCUT2D eigenvalue weighted by Crippen LogP contribution is -2.35. The fraction of sp³-hybridized carbons (Fsp3) is 0.455. The average molecular weight is 211 g/mol. The lowest BCUT2D eigenvalue weighted by Gasteiger charge is -2.27. The number of benzene rings is 1. The summed E-state index contributed by atoms with van der Waals surface area (Å²) in [6, 6.07) is 6.53. The van der Waals surface area contributed by atoms with Crippen LogP contribution in [0.4, 0.5) is 0 Å². The summed E-state index contributed by atoms with van der Waals surface area (Å²) in [5.74, 6) is 0. The molecule has 2 N–H and O–H groups in total. The summed E-state index contributed by atoms with van der Waals surface area (Å²) < 4.78 is 0. The van der Waals surface area contributed by atoms with Gasteiger partial charge in [0.1, 0.15) is 0 Å². The number of halogens is 1. The van der Waals surface area contributed by atoms with Gasteiger partial charge in [0.25, 0.3) is 0 Å². The normalized spacial score (nSPS) is 20.6. The molecular weight excluding hydrogens is 196 g/mol. The number of likely N-dealkylation sites (N-methyl/N-ethyl adjacent to an activating group) is 1. The highest BCUT2D eigenvalue weighted by Crippen LogP contribution is 2.29. The highest BCUT2D eigenvalue weighted by Gasteiger charge is 2.20. The van der Waals surface area contributed by atoms with Crippen molar-refractivity contribution in [2.24, 2.45) is 0 Å². The molecule has 0 saturated carbocycles. The monoisotopic (exact) mass is 210 g/mol. The van der Waals surface area contributed by atoms with E-state index in [1.165, 1.54) is 11.1 Å². The Morgan fingerprint density at radius 3 is 3.21 bits per heavy atom. The van der Waals surface area contributed by atoms with Gasteiger partial charge in [-0.3, -0.25) is 0 Å². The molecule has 2 nitrogen and oxygen atoms in total. The van der Waals surface area contributed by atoms with Crippen LogP contribution in [-0.2, 0) is 6.42 Å². The van der Waals surface area contributed by atoms with Gasteiger partial charge < -0.3 is 10.6 Å². The second-order valence-electron chi connectivity index (χ2n) is 3.63. The van der Waals surface area contributed by atoms with Gasteiger partial charge in [0.05, 0.1) is 0 Å². The topological polar surface area (TPSA) is 24.1 Å². The van der Waals surface area contributed by atoms with Crippen LogP contribution < -0.4 is 10.6 Å². The van der Waals surface area contributed by atoms with Gasteiger partial charge in [-0.25, -0.2) is 0 Å². The summed E-state index contributed by atoms with van der Waals surface area (Å²) in [5, 5.41) is 7.54. The van der Waals surface area contributed by atoms with Crippen molar-refractivity contribution in [2.75, 3.05) is 20.1 Å². The molecule has 76 valence electrons. The second-order valence-corrected chi connectivity index (χ2v) is 4.03. The molecule has 2 rings (SSSR count). The highest BCUT2D eigenvalue weighted by atomic mass is 35.5. The van der Waals surface area contributed by atoms with E-state index in [0.717, 1.165) is 24.5 Å². The first-order valence-corrected chi connectivity index (χ1v) is 5.36. The van der Waals surface area contributed by atoms with Gasteiger partial charge in [-0.05, 0) is 37.2 Å². The molecule has 0 aliphatic carbocycles. The molecule has 1 aromatic rings. The fourth-order valence-electron chi connectivity index (χ4n) is 2.05. The van der Waals surface area contributed by atoms with Crippen LogP contribution in [0.15, 0.2) is 18.2 Å². The molecule has 0 fully saturated rings. The van der Waals surface area contributed by atoms with E-state index in [0.29, 0.717) is 6.04 Å². The summed E-state index contributed by atoms with van der Waals surface area (Å²) in [6.07, 6.45) is 1.08. The maximum Gasteiger partial charge on any atom is 0.0464 e. The summed E-state index contributed by atoms with van der Waals surface area (Å²) in [5.41, 5.74) is 2.66. The van der Waals surface area contributed by atoms with Crippen LogP contribution in [0.3, 0.4) is 0 Å². The number of fused-ring (bicyclic) bond motifs is 1. The van der Waals surface area contributed by atoms with Crippen molar-refractivity contribution in [2.45, 2.75) is 12.5 Å². The van der Waals surface area contributed by atoms with E-state index >= 15 is 0 Å². The third-order valence-corrected chi connectivity index (χ3v) is 3.01. The van der Waals surface area contributed by atoms with E-state index in [2.05, 4.69) is 16.7 Å². The molecule has 1 atom stereocenters. The van der Waals surface area contributed by atoms with Crippen molar-refractivity contribution >= 4 is 11.6 Å². The van der Waals surface area contributed by atoms with Crippen LogP contribution >= 0.6 is 11.6 Å². The Hall–Kier alpha value is -0.570. The third-order valence-electron chi connectivity index (χ3n) is 2.69. The zero-order valence-corrected chi connectivity index (χ0v) is 9.06. The Bertz CT molecular complexity index is 325. The van der Waals surface area contributed by atoms with Gasteiger partial charge in [0.15, 0.2) is 0 Å². The minimum Gasteiger partial charge on any atom is -0.318 e. The van der Waals surface area contributed by atoms with Crippen LogP contribution in [0.25, 0.3) is 0 Å². The van der Waals surface area contributed by atoms with E-state index in [-0.39, 0.29) is 0 Å². The molecule has 0 bridgehead atoms. The van der Waals surface area contributed by atoms with Crippen LogP contribution in [0, 0.1) is 0 Å². The Morgan fingerprint density at radius 2 is 2.43 bits per heavy atom.